The molecular formula is C15H17F2N3O. The zero-order valence-corrected chi connectivity index (χ0v) is 12.1. The molecule has 21 heavy (non-hydrogen) atoms. The summed E-state index contributed by atoms with van der Waals surface area (Å²) in [6.07, 6.45) is 0.0835. The molecule has 1 aromatic carbocycles. The van der Waals surface area contributed by atoms with Crippen LogP contribution in [0.25, 0.3) is 0 Å². The molecule has 112 valence electrons. The Bertz CT molecular complexity index is 627. The number of halogens is 2. The Labute approximate surface area is 121 Å². The van der Waals surface area contributed by atoms with Crippen LogP contribution in [0.1, 0.15) is 34.2 Å². The number of carbonyl (C=O) groups is 1. The second kappa shape index (κ2) is 6.03. The molecule has 1 atom stereocenters. The summed E-state index contributed by atoms with van der Waals surface area (Å²) in [5.41, 5.74) is 1.70. The van der Waals surface area contributed by atoms with Crippen molar-refractivity contribution < 1.29 is 13.6 Å². The number of aromatic amines is 1. The molecule has 1 unspecified atom stereocenters. The molecule has 2 aromatic rings. The Kier molecular flexibility index (Phi) is 4.35. The van der Waals surface area contributed by atoms with Gasteiger partial charge in [-0.15, -0.1) is 0 Å². The Hall–Kier alpha value is -2.24. The van der Waals surface area contributed by atoms with Crippen molar-refractivity contribution in [3.63, 3.8) is 0 Å². The van der Waals surface area contributed by atoms with Crippen molar-refractivity contribution in [2.75, 3.05) is 0 Å². The molecule has 1 aromatic heterocycles. The minimum absolute atomic E-state index is 0.0223. The van der Waals surface area contributed by atoms with Crippen LogP contribution in [0.15, 0.2) is 18.2 Å². The number of hydrogen-bond donors (Lipinski definition) is 2. The van der Waals surface area contributed by atoms with Gasteiger partial charge in [-0.3, -0.25) is 9.89 Å². The summed E-state index contributed by atoms with van der Waals surface area (Å²) in [5.74, 6) is -1.51. The third-order valence-electron chi connectivity index (χ3n) is 3.30. The van der Waals surface area contributed by atoms with Gasteiger partial charge in [0.05, 0.1) is 11.3 Å². The molecule has 0 radical (unpaired) electrons. The van der Waals surface area contributed by atoms with E-state index in [2.05, 4.69) is 15.5 Å². The molecule has 0 bridgehead atoms. The lowest BCUT2D eigenvalue weighted by molar-refractivity contribution is 0.0938. The average molecular weight is 293 g/mol. The summed E-state index contributed by atoms with van der Waals surface area (Å²) in [4.78, 5) is 12.2. The van der Waals surface area contributed by atoms with Gasteiger partial charge in [-0.25, -0.2) is 8.78 Å². The first-order valence-corrected chi connectivity index (χ1v) is 6.65. The number of aromatic nitrogens is 2. The average Bonchev–Trinajstić information content (AvgIpc) is 2.73. The maximum atomic E-state index is 13.6. The lowest BCUT2D eigenvalue weighted by atomic mass is 10.1. The van der Waals surface area contributed by atoms with Crippen LogP contribution >= 0.6 is 0 Å². The number of nitrogens with zero attached hydrogens (tertiary/aromatic N) is 1. The molecule has 0 saturated heterocycles. The summed E-state index contributed by atoms with van der Waals surface area (Å²) >= 11 is 0. The van der Waals surface area contributed by atoms with E-state index in [4.69, 9.17) is 0 Å². The van der Waals surface area contributed by atoms with E-state index >= 15 is 0 Å². The molecule has 0 aliphatic heterocycles. The number of hydrogen-bond acceptors (Lipinski definition) is 2. The van der Waals surface area contributed by atoms with E-state index in [9.17, 15) is 13.6 Å². The summed E-state index contributed by atoms with van der Waals surface area (Å²) in [7, 11) is 0. The number of carbonyl (C=O) groups excluding carboxylic acids is 1. The number of nitrogens with one attached hydrogen (secondary N) is 2. The van der Waals surface area contributed by atoms with Crippen LogP contribution in [0.5, 0.6) is 0 Å². The van der Waals surface area contributed by atoms with Gasteiger partial charge in [0.15, 0.2) is 0 Å². The monoisotopic (exact) mass is 293 g/mol. The molecular weight excluding hydrogens is 276 g/mol. The SMILES string of the molecule is Cc1n[nH]c(C)c1C(=O)NC(C)Cc1c(F)cccc1F. The maximum Gasteiger partial charge on any atom is 0.255 e. The third kappa shape index (κ3) is 3.26. The van der Waals surface area contributed by atoms with Crippen molar-refractivity contribution in [1.29, 1.82) is 0 Å². The van der Waals surface area contributed by atoms with Crippen LogP contribution in [0.4, 0.5) is 8.78 Å². The predicted molar refractivity (Wildman–Crippen MR) is 75.1 cm³/mol. The van der Waals surface area contributed by atoms with Crippen molar-refractivity contribution in [1.82, 2.24) is 15.5 Å². The Morgan fingerprint density at radius 3 is 2.48 bits per heavy atom. The Balaban J connectivity index is 2.09. The molecule has 1 heterocycles. The van der Waals surface area contributed by atoms with Gasteiger partial charge in [0.1, 0.15) is 11.6 Å². The lowest BCUT2D eigenvalue weighted by Crippen LogP contribution is -2.35. The summed E-state index contributed by atoms with van der Waals surface area (Å²) in [6, 6.07) is 3.32. The van der Waals surface area contributed by atoms with E-state index in [0.29, 0.717) is 17.0 Å². The molecule has 6 heteroatoms. The van der Waals surface area contributed by atoms with E-state index in [1.54, 1.807) is 20.8 Å². The van der Waals surface area contributed by atoms with Crippen LogP contribution < -0.4 is 5.32 Å². The van der Waals surface area contributed by atoms with Crippen molar-refractivity contribution >= 4 is 5.91 Å². The highest BCUT2D eigenvalue weighted by Crippen LogP contribution is 2.15. The van der Waals surface area contributed by atoms with Crippen LogP contribution in [0.2, 0.25) is 0 Å². The maximum absolute atomic E-state index is 13.6. The number of amides is 1. The zero-order valence-electron chi connectivity index (χ0n) is 12.1. The topological polar surface area (TPSA) is 57.8 Å². The second-order valence-corrected chi connectivity index (χ2v) is 5.09. The first-order chi connectivity index (χ1) is 9.90. The lowest BCUT2D eigenvalue weighted by Gasteiger charge is -2.15. The van der Waals surface area contributed by atoms with Crippen molar-refractivity contribution in [2.24, 2.45) is 0 Å². The molecule has 0 fully saturated rings. The molecule has 0 aliphatic carbocycles. The van der Waals surface area contributed by atoms with Crippen LogP contribution in [-0.2, 0) is 6.42 Å². The van der Waals surface area contributed by atoms with Gasteiger partial charge in [-0.1, -0.05) is 6.07 Å². The Morgan fingerprint density at radius 2 is 1.95 bits per heavy atom. The molecule has 0 spiro atoms. The van der Waals surface area contributed by atoms with E-state index in [-0.39, 0.29) is 17.9 Å². The standard InChI is InChI=1S/C15H17F2N3O/c1-8(7-11-12(16)5-4-6-13(11)17)18-15(21)14-9(2)19-20-10(14)3/h4-6,8H,7H2,1-3H3,(H,18,21)(H,19,20). The Morgan fingerprint density at radius 1 is 1.33 bits per heavy atom. The van der Waals surface area contributed by atoms with E-state index in [0.717, 1.165) is 0 Å². The van der Waals surface area contributed by atoms with Crippen LogP contribution in [-0.4, -0.2) is 22.1 Å². The molecule has 1 amide bonds. The highest BCUT2D eigenvalue weighted by Gasteiger charge is 2.19. The minimum Gasteiger partial charge on any atom is -0.349 e. The predicted octanol–water partition coefficient (Wildman–Crippen LogP) is 2.67. The van der Waals surface area contributed by atoms with Crippen molar-refractivity contribution in [3.05, 3.63) is 52.3 Å². The summed E-state index contributed by atoms with van der Waals surface area (Å²) < 4.78 is 27.2. The van der Waals surface area contributed by atoms with Gasteiger partial charge in [0.2, 0.25) is 0 Å². The fraction of sp³-hybridized carbons (Fsp3) is 0.333. The van der Waals surface area contributed by atoms with Crippen molar-refractivity contribution in [2.45, 2.75) is 33.2 Å². The summed E-state index contributed by atoms with van der Waals surface area (Å²) in [5, 5.41) is 9.41. The molecule has 0 aliphatic rings. The van der Waals surface area contributed by atoms with Gasteiger partial charge in [-0.2, -0.15) is 5.10 Å². The first-order valence-electron chi connectivity index (χ1n) is 6.65. The van der Waals surface area contributed by atoms with Crippen LogP contribution in [0.3, 0.4) is 0 Å². The van der Waals surface area contributed by atoms with E-state index in [1.165, 1.54) is 18.2 Å². The second-order valence-electron chi connectivity index (χ2n) is 5.09. The fourth-order valence-corrected chi connectivity index (χ4v) is 2.27. The van der Waals surface area contributed by atoms with E-state index < -0.39 is 17.7 Å². The fourth-order valence-electron chi connectivity index (χ4n) is 2.27. The first kappa shape index (κ1) is 15.2. The minimum atomic E-state index is -0.605. The van der Waals surface area contributed by atoms with Crippen LogP contribution in [0, 0.1) is 25.5 Å². The smallest absolute Gasteiger partial charge is 0.255 e. The van der Waals surface area contributed by atoms with Gasteiger partial charge < -0.3 is 5.32 Å². The number of H-pyrrole nitrogens is 1. The quantitative estimate of drug-likeness (QED) is 0.910. The third-order valence-corrected chi connectivity index (χ3v) is 3.30. The number of rotatable bonds is 4. The van der Waals surface area contributed by atoms with Crippen molar-refractivity contribution in [3.8, 4) is 0 Å². The number of benzene rings is 1. The number of aryl methyl sites for hydroxylation is 2. The molecule has 4 nitrogen and oxygen atoms in total. The van der Waals surface area contributed by atoms with Gasteiger partial charge in [0.25, 0.3) is 5.91 Å². The normalized spacial score (nSPS) is 12.2. The zero-order chi connectivity index (χ0) is 15.6. The molecule has 2 rings (SSSR count). The van der Waals surface area contributed by atoms with E-state index in [1.807, 2.05) is 0 Å². The van der Waals surface area contributed by atoms with Gasteiger partial charge in [0, 0.05) is 17.3 Å². The summed E-state index contributed by atoms with van der Waals surface area (Å²) in [6.45, 7) is 5.17. The highest BCUT2D eigenvalue weighted by atomic mass is 19.1. The highest BCUT2D eigenvalue weighted by molar-refractivity contribution is 5.96. The van der Waals surface area contributed by atoms with Gasteiger partial charge in [-0.05, 0) is 39.3 Å². The molecule has 2 N–H and O–H groups in total. The molecule has 0 saturated carbocycles. The largest absolute Gasteiger partial charge is 0.349 e. The van der Waals surface area contributed by atoms with Gasteiger partial charge >= 0.3 is 0 Å².